The summed E-state index contributed by atoms with van der Waals surface area (Å²) in [4.78, 5) is 36.8. The lowest BCUT2D eigenvalue weighted by atomic mass is 10.0. The highest BCUT2D eigenvalue weighted by molar-refractivity contribution is 7.92. The van der Waals surface area contributed by atoms with Crippen LogP contribution in [0.2, 0.25) is 0 Å². The third kappa shape index (κ3) is 2.78. The average Bonchev–Trinajstić information content (AvgIpc) is 2.53. The second-order valence-corrected chi connectivity index (χ2v) is 7.30. The van der Waals surface area contributed by atoms with Gasteiger partial charge in [0.15, 0.2) is 6.04 Å². The summed E-state index contributed by atoms with van der Waals surface area (Å²) in [5.74, 6) is -2.04. The maximum atomic E-state index is 12.3. The molecule has 1 aromatic rings. The van der Waals surface area contributed by atoms with Gasteiger partial charge in [-0.2, -0.15) is 0 Å². The number of carboxylic acid groups (broad SMARTS) is 1. The largest absolute Gasteiger partial charge is 0.614 e. The first-order chi connectivity index (χ1) is 11.4. The van der Waals surface area contributed by atoms with Gasteiger partial charge in [0, 0.05) is 5.57 Å². The molecule has 1 fully saturated rings. The maximum Gasteiger partial charge on any atom is 0.352 e. The molecule has 1 aromatic carbocycles. The number of nitrogens with zero attached hydrogens (tertiary/aromatic N) is 1. The number of rotatable bonds is 4. The highest BCUT2D eigenvalue weighted by Crippen LogP contribution is 2.36. The lowest BCUT2D eigenvalue weighted by Crippen LogP contribution is -2.74. The second kappa shape index (κ2) is 6.29. The average molecular weight is 348 g/mol. The monoisotopic (exact) mass is 348 g/mol. The van der Waals surface area contributed by atoms with Gasteiger partial charge in [-0.1, -0.05) is 30.3 Å². The van der Waals surface area contributed by atoms with Gasteiger partial charge >= 0.3 is 5.97 Å². The second-order valence-electron chi connectivity index (χ2n) is 5.77. The molecule has 7 nitrogen and oxygen atoms in total. The molecule has 2 N–H and O–H groups in total. The van der Waals surface area contributed by atoms with Crippen LogP contribution < -0.4 is 5.32 Å². The smallest absolute Gasteiger partial charge is 0.352 e. The van der Waals surface area contributed by atoms with Crippen LogP contribution in [-0.2, 0) is 32.0 Å². The van der Waals surface area contributed by atoms with E-state index in [1.165, 1.54) is 0 Å². The fourth-order valence-electron chi connectivity index (χ4n) is 2.97. The number of carbonyl (C=O) groups excluding carboxylic acids is 2. The molecule has 2 aliphatic heterocycles. The summed E-state index contributed by atoms with van der Waals surface area (Å²) in [6.07, 6.45) is 0.102. The molecule has 126 valence electrons. The van der Waals surface area contributed by atoms with Crippen molar-refractivity contribution in [3.05, 3.63) is 47.2 Å². The van der Waals surface area contributed by atoms with Crippen molar-refractivity contribution in [3.8, 4) is 0 Å². The van der Waals surface area contributed by atoms with Gasteiger partial charge in [-0.25, -0.2) is 4.79 Å². The Kier molecular flexibility index (Phi) is 4.33. The summed E-state index contributed by atoms with van der Waals surface area (Å²) in [5.41, 5.74) is 1.07. The molecule has 0 saturated carbocycles. The number of hydrogen-bond donors (Lipinski definition) is 2. The van der Waals surface area contributed by atoms with Crippen molar-refractivity contribution < 1.29 is 24.0 Å². The van der Waals surface area contributed by atoms with E-state index >= 15 is 0 Å². The molecular formula is C16H16N2O5S. The van der Waals surface area contributed by atoms with Crippen molar-refractivity contribution in [2.75, 3.05) is 5.75 Å². The van der Waals surface area contributed by atoms with Crippen LogP contribution in [0.1, 0.15) is 12.5 Å². The van der Waals surface area contributed by atoms with E-state index in [4.69, 9.17) is 0 Å². The molecule has 0 bridgehead atoms. The predicted octanol–water partition coefficient (Wildman–Crippen LogP) is 0.00310. The Hall–Kier alpha value is -2.32. The highest BCUT2D eigenvalue weighted by atomic mass is 32.2. The standard InChI is InChI=1S/C16H16N2O5S/c1-9-8-24(23)15-12(14(20)18(15)13(9)16(21)22)17-11(19)7-10-5-3-2-4-6-10/h2-6,12,15H,7-8H2,1H3,(H,17,19)(H,21,22)/t12?,15-,24?/m0/s1. The molecule has 1 saturated heterocycles. The van der Waals surface area contributed by atoms with E-state index in [-0.39, 0.29) is 23.8 Å². The van der Waals surface area contributed by atoms with Crippen LogP contribution in [0.4, 0.5) is 0 Å². The van der Waals surface area contributed by atoms with Crippen molar-refractivity contribution in [1.82, 2.24) is 10.2 Å². The molecule has 8 heteroatoms. The molecule has 0 aliphatic carbocycles. The Bertz CT molecular complexity index is 733. The SMILES string of the molecule is CC1=C(C(=O)O)N2C(=O)C(NC(=O)Cc3ccccc3)[C@@H]2[S+]([O-])C1. The van der Waals surface area contributed by atoms with Crippen molar-refractivity contribution in [2.45, 2.75) is 24.8 Å². The van der Waals surface area contributed by atoms with E-state index < -0.39 is 34.5 Å². The molecule has 2 heterocycles. The van der Waals surface area contributed by atoms with Gasteiger partial charge < -0.3 is 15.0 Å². The molecule has 2 aliphatic rings. The fourth-order valence-corrected chi connectivity index (χ4v) is 4.63. The first-order valence-corrected chi connectivity index (χ1v) is 8.75. The van der Waals surface area contributed by atoms with Gasteiger partial charge in [-0.3, -0.25) is 14.5 Å². The third-order valence-electron chi connectivity index (χ3n) is 4.04. The number of amides is 2. The van der Waals surface area contributed by atoms with Crippen LogP contribution in [0.3, 0.4) is 0 Å². The van der Waals surface area contributed by atoms with Crippen molar-refractivity contribution in [3.63, 3.8) is 0 Å². The maximum absolute atomic E-state index is 12.3. The summed E-state index contributed by atoms with van der Waals surface area (Å²) in [5, 5.41) is 11.0. The molecule has 24 heavy (non-hydrogen) atoms. The number of nitrogens with one attached hydrogen (secondary N) is 1. The zero-order chi connectivity index (χ0) is 17.4. The van der Waals surface area contributed by atoms with Gasteiger partial charge in [0.05, 0.1) is 6.42 Å². The third-order valence-corrected chi connectivity index (χ3v) is 5.78. The van der Waals surface area contributed by atoms with Gasteiger partial charge in [0.1, 0.15) is 11.4 Å². The number of fused-ring (bicyclic) bond motifs is 1. The molecular weight excluding hydrogens is 332 g/mol. The van der Waals surface area contributed by atoms with Crippen LogP contribution in [0, 0.1) is 0 Å². The van der Waals surface area contributed by atoms with E-state index in [0.717, 1.165) is 10.5 Å². The van der Waals surface area contributed by atoms with Gasteiger partial charge in [-0.15, -0.1) is 0 Å². The van der Waals surface area contributed by atoms with Crippen LogP contribution in [0.5, 0.6) is 0 Å². The Labute approximate surface area is 141 Å². The summed E-state index contributed by atoms with van der Waals surface area (Å²) in [6.45, 7) is 1.55. The molecule has 2 unspecified atom stereocenters. The summed E-state index contributed by atoms with van der Waals surface area (Å²) in [7, 11) is 0. The zero-order valence-electron chi connectivity index (χ0n) is 12.9. The molecule has 0 aromatic heterocycles. The van der Waals surface area contributed by atoms with Crippen LogP contribution in [-0.4, -0.2) is 49.5 Å². The quantitative estimate of drug-likeness (QED) is 0.588. The lowest BCUT2D eigenvalue weighted by molar-refractivity contribution is -0.151. The predicted molar refractivity (Wildman–Crippen MR) is 86.1 cm³/mol. The van der Waals surface area contributed by atoms with E-state index in [1.807, 2.05) is 18.2 Å². The normalized spacial score (nSPS) is 25.8. The minimum atomic E-state index is -1.44. The first kappa shape index (κ1) is 16.5. The van der Waals surface area contributed by atoms with E-state index in [0.29, 0.717) is 5.57 Å². The van der Waals surface area contributed by atoms with Crippen molar-refractivity contribution in [2.24, 2.45) is 0 Å². The van der Waals surface area contributed by atoms with Crippen molar-refractivity contribution >= 4 is 29.0 Å². The number of β-lactam (4-membered cyclic amide) rings is 1. The Morgan fingerprint density at radius 2 is 2.04 bits per heavy atom. The van der Waals surface area contributed by atoms with E-state index in [2.05, 4.69) is 5.32 Å². The number of aliphatic carboxylic acids is 1. The molecule has 0 radical (unpaired) electrons. The topological polar surface area (TPSA) is 110 Å². The van der Waals surface area contributed by atoms with E-state index in [9.17, 15) is 24.0 Å². The van der Waals surface area contributed by atoms with Crippen LogP contribution in [0.25, 0.3) is 0 Å². The summed E-state index contributed by atoms with van der Waals surface area (Å²) >= 11 is -1.44. The molecule has 3 atom stereocenters. The van der Waals surface area contributed by atoms with Crippen molar-refractivity contribution in [1.29, 1.82) is 0 Å². The Morgan fingerprint density at radius 1 is 1.38 bits per heavy atom. The fraction of sp³-hybridized carbons (Fsp3) is 0.312. The lowest BCUT2D eigenvalue weighted by Gasteiger charge is -2.48. The number of benzene rings is 1. The highest BCUT2D eigenvalue weighted by Gasteiger charge is 2.60. The Morgan fingerprint density at radius 3 is 2.67 bits per heavy atom. The van der Waals surface area contributed by atoms with E-state index in [1.54, 1.807) is 19.1 Å². The molecule has 2 amide bonds. The first-order valence-electron chi connectivity index (χ1n) is 7.36. The van der Waals surface area contributed by atoms with Gasteiger partial charge in [0.25, 0.3) is 5.91 Å². The zero-order valence-corrected chi connectivity index (χ0v) is 13.7. The Balaban J connectivity index is 1.72. The number of hydrogen-bond acceptors (Lipinski definition) is 4. The minimum absolute atomic E-state index is 0.0845. The van der Waals surface area contributed by atoms with Crippen LogP contribution >= 0.6 is 0 Å². The van der Waals surface area contributed by atoms with Gasteiger partial charge in [0.2, 0.25) is 11.3 Å². The molecule has 0 spiro atoms. The summed E-state index contributed by atoms with van der Waals surface area (Å²) in [6, 6.07) is 8.10. The summed E-state index contributed by atoms with van der Waals surface area (Å²) < 4.78 is 12.3. The number of carbonyl (C=O) groups is 3. The number of carboxylic acids is 1. The van der Waals surface area contributed by atoms with Gasteiger partial charge in [-0.05, 0) is 23.7 Å². The molecule has 3 rings (SSSR count). The van der Waals surface area contributed by atoms with Crippen LogP contribution in [0.15, 0.2) is 41.6 Å². The minimum Gasteiger partial charge on any atom is -0.614 e.